The molecule has 1 aromatic carbocycles. The summed E-state index contributed by atoms with van der Waals surface area (Å²) in [6.45, 7) is 3.94. The Labute approximate surface area is 132 Å². The number of aliphatic hydroxyl groups is 1. The Morgan fingerprint density at radius 1 is 1.05 bits per heavy atom. The molecule has 1 atom stereocenters. The van der Waals surface area contributed by atoms with Gasteiger partial charge in [-0.05, 0) is 30.4 Å². The summed E-state index contributed by atoms with van der Waals surface area (Å²) in [7, 11) is 3.41. The summed E-state index contributed by atoms with van der Waals surface area (Å²) in [5.74, 6) is 0. The number of thioether (sulfide) groups is 1. The molecule has 1 unspecified atom stereocenters. The molecule has 0 saturated carbocycles. The largest absolute Gasteiger partial charge is 0.388 e. The molecule has 1 N–H and O–H groups in total. The molecule has 0 fully saturated rings. The van der Waals surface area contributed by atoms with Crippen molar-refractivity contribution in [3.63, 3.8) is 0 Å². The lowest BCUT2D eigenvalue weighted by Gasteiger charge is -2.23. The molecule has 1 rings (SSSR count). The molecule has 120 valence electrons. The van der Waals surface area contributed by atoms with Crippen molar-refractivity contribution >= 4 is 11.8 Å². The van der Waals surface area contributed by atoms with E-state index in [0.29, 0.717) is 19.6 Å². The van der Waals surface area contributed by atoms with E-state index < -0.39 is 6.10 Å². The van der Waals surface area contributed by atoms with Crippen molar-refractivity contribution < 1.29 is 14.6 Å². The van der Waals surface area contributed by atoms with Crippen LogP contribution in [0.15, 0.2) is 29.2 Å². The van der Waals surface area contributed by atoms with E-state index in [1.807, 2.05) is 12.1 Å². The van der Waals surface area contributed by atoms with Gasteiger partial charge in [-0.3, -0.25) is 4.90 Å². The number of nitrogens with zero attached hydrogens (tertiary/aromatic N) is 1. The van der Waals surface area contributed by atoms with Gasteiger partial charge in [-0.15, -0.1) is 11.8 Å². The zero-order valence-electron chi connectivity index (χ0n) is 13.2. The van der Waals surface area contributed by atoms with E-state index >= 15 is 0 Å². The first-order valence-electron chi connectivity index (χ1n) is 7.23. The number of hydrogen-bond donors (Lipinski definition) is 1. The highest BCUT2D eigenvalue weighted by molar-refractivity contribution is 7.98. The lowest BCUT2D eigenvalue weighted by molar-refractivity contribution is 0.0945. The van der Waals surface area contributed by atoms with Gasteiger partial charge in [-0.1, -0.05) is 12.1 Å². The van der Waals surface area contributed by atoms with E-state index in [9.17, 15) is 5.11 Å². The highest BCUT2D eigenvalue weighted by atomic mass is 32.2. The summed E-state index contributed by atoms with van der Waals surface area (Å²) in [6, 6.07) is 8.12. The van der Waals surface area contributed by atoms with E-state index in [4.69, 9.17) is 9.47 Å². The molecular weight excluding hydrogens is 286 g/mol. The molecule has 1 aromatic rings. The minimum absolute atomic E-state index is 0.423. The van der Waals surface area contributed by atoms with Crippen molar-refractivity contribution in [1.29, 1.82) is 0 Å². The van der Waals surface area contributed by atoms with Crippen molar-refractivity contribution in [2.24, 2.45) is 0 Å². The highest BCUT2D eigenvalue weighted by Gasteiger charge is 2.11. The predicted molar refractivity (Wildman–Crippen MR) is 88.0 cm³/mol. The highest BCUT2D eigenvalue weighted by Crippen LogP contribution is 2.21. The van der Waals surface area contributed by atoms with Gasteiger partial charge in [0, 0.05) is 38.7 Å². The number of rotatable bonds is 11. The Balaban J connectivity index is 2.44. The fourth-order valence-corrected chi connectivity index (χ4v) is 2.48. The van der Waals surface area contributed by atoms with Crippen LogP contribution in [0.1, 0.15) is 18.1 Å². The lowest BCUT2D eigenvalue weighted by Crippen LogP contribution is -2.32. The SMILES string of the molecule is COCCN(CCOC)CCC(O)c1ccc(SC)cc1. The second-order valence-corrected chi connectivity index (χ2v) is 5.78. The maximum atomic E-state index is 10.3. The average Bonchev–Trinajstić information content (AvgIpc) is 2.54. The molecule has 0 aromatic heterocycles. The maximum absolute atomic E-state index is 10.3. The van der Waals surface area contributed by atoms with Crippen molar-refractivity contribution in [2.45, 2.75) is 17.4 Å². The topological polar surface area (TPSA) is 41.9 Å². The van der Waals surface area contributed by atoms with Gasteiger partial charge in [0.2, 0.25) is 0 Å². The van der Waals surface area contributed by atoms with Crippen LogP contribution in [0, 0.1) is 0 Å². The third-order valence-corrected chi connectivity index (χ3v) is 4.19. The van der Waals surface area contributed by atoms with Crippen LogP contribution in [0.2, 0.25) is 0 Å². The predicted octanol–water partition coefficient (Wildman–Crippen LogP) is 2.43. The van der Waals surface area contributed by atoms with E-state index in [1.165, 1.54) is 4.90 Å². The summed E-state index contributed by atoms with van der Waals surface area (Å²) in [4.78, 5) is 3.47. The molecule has 0 spiro atoms. The first-order valence-corrected chi connectivity index (χ1v) is 8.46. The first kappa shape index (κ1) is 18.5. The van der Waals surface area contributed by atoms with Crippen LogP contribution in [0.4, 0.5) is 0 Å². The van der Waals surface area contributed by atoms with E-state index in [1.54, 1.807) is 26.0 Å². The molecule has 0 saturated heterocycles. The summed E-state index contributed by atoms with van der Waals surface area (Å²) < 4.78 is 10.2. The van der Waals surface area contributed by atoms with Crippen LogP contribution >= 0.6 is 11.8 Å². The van der Waals surface area contributed by atoms with Crippen LogP contribution in [0.25, 0.3) is 0 Å². The third-order valence-electron chi connectivity index (χ3n) is 3.44. The Morgan fingerprint density at radius 3 is 2.10 bits per heavy atom. The monoisotopic (exact) mass is 313 g/mol. The molecule has 0 aliphatic carbocycles. The summed E-state index contributed by atoms with van der Waals surface area (Å²) >= 11 is 1.71. The summed E-state index contributed by atoms with van der Waals surface area (Å²) in [5.41, 5.74) is 0.978. The first-order chi connectivity index (χ1) is 10.2. The van der Waals surface area contributed by atoms with Gasteiger partial charge in [-0.25, -0.2) is 0 Å². The van der Waals surface area contributed by atoms with Crippen LogP contribution < -0.4 is 0 Å². The fourth-order valence-electron chi connectivity index (χ4n) is 2.07. The Hall–Kier alpha value is -0.590. The fraction of sp³-hybridized carbons (Fsp3) is 0.625. The second kappa shape index (κ2) is 11.0. The van der Waals surface area contributed by atoms with Gasteiger partial charge >= 0.3 is 0 Å². The lowest BCUT2D eigenvalue weighted by atomic mass is 10.1. The zero-order valence-corrected chi connectivity index (χ0v) is 14.1. The Bertz CT molecular complexity index is 364. The molecule has 0 aliphatic heterocycles. The van der Waals surface area contributed by atoms with E-state index in [2.05, 4.69) is 23.3 Å². The van der Waals surface area contributed by atoms with Crippen molar-refractivity contribution in [3.8, 4) is 0 Å². The zero-order chi connectivity index (χ0) is 15.5. The normalized spacial score (nSPS) is 12.8. The van der Waals surface area contributed by atoms with Crippen LogP contribution in [-0.4, -0.2) is 63.3 Å². The second-order valence-electron chi connectivity index (χ2n) is 4.90. The van der Waals surface area contributed by atoms with E-state index in [-0.39, 0.29) is 0 Å². The number of methoxy groups -OCH3 is 2. The molecule has 0 heterocycles. The van der Waals surface area contributed by atoms with Crippen molar-refractivity contribution in [3.05, 3.63) is 29.8 Å². The van der Waals surface area contributed by atoms with Crippen LogP contribution in [-0.2, 0) is 9.47 Å². The molecule has 0 bridgehead atoms. The molecule has 4 nitrogen and oxygen atoms in total. The maximum Gasteiger partial charge on any atom is 0.0802 e. The number of aliphatic hydroxyl groups excluding tert-OH is 1. The Kier molecular flexibility index (Phi) is 9.70. The third kappa shape index (κ3) is 7.29. The van der Waals surface area contributed by atoms with Gasteiger partial charge < -0.3 is 14.6 Å². The van der Waals surface area contributed by atoms with Crippen molar-refractivity contribution in [1.82, 2.24) is 4.90 Å². The quantitative estimate of drug-likeness (QED) is 0.636. The van der Waals surface area contributed by atoms with Gasteiger partial charge in [-0.2, -0.15) is 0 Å². The molecule has 0 amide bonds. The van der Waals surface area contributed by atoms with Gasteiger partial charge in [0.1, 0.15) is 0 Å². The minimum Gasteiger partial charge on any atom is -0.388 e. The number of hydrogen-bond acceptors (Lipinski definition) is 5. The molecular formula is C16H27NO3S. The summed E-state index contributed by atoms with van der Waals surface area (Å²) in [5, 5.41) is 10.3. The van der Waals surface area contributed by atoms with Crippen LogP contribution in [0.3, 0.4) is 0 Å². The summed E-state index contributed by atoms with van der Waals surface area (Å²) in [6.07, 6.45) is 2.34. The van der Waals surface area contributed by atoms with Crippen LogP contribution in [0.5, 0.6) is 0 Å². The molecule has 5 heteroatoms. The number of benzene rings is 1. The smallest absolute Gasteiger partial charge is 0.0802 e. The van der Waals surface area contributed by atoms with Gasteiger partial charge in [0.25, 0.3) is 0 Å². The standard InChI is InChI=1S/C16H27NO3S/c1-19-12-10-17(11-13-20-2)9-8-16(18)14-4-6-15(21-3)7-5-14/h4-7,16,18H,8-13H2,1-3H3. The van der Waals surface area contributed by atoms with E-state index in [0.717, 1.165) is 25.2 Å². The van der Waals surface area contributed by atoms with Gasteiger partial charge in [0.05, 0.1) is 19.3 Å². The van der Waals surface area contributed by atoms with Crippen molar-refractivity contribution in [2.75, 3.05) is 53.3 Å². The minimum atomic E-state index is -0.423. The Morgan fingerprint density at radius 2 is 1.62 bits per heavy atom. The molecule has 0 aliphatic rings. The van der Waals surface area contributed by atoms with Gasteiger partial charge in [0.15, 0.2) is 0 Å². The number of ether oxygens (including phenoxy) is 2. The average molecular weight is 313 g/mol. The molecule has 0 radical (unpaired) electrons. The molecule has 21 heavy (non-hydrogen) atoms.